The molecule has 790 valence electrons. The Hall–Kier alpha value is -13.0. The number of ether oxygens (including phenoxy) is 4. The number of amides is 7. The van der Waals surface area contributed by atoms with Crippen LogP contribution in [-0.2, 0) is 70.5 Å². The normalized spacial score (nSPS) is 19.5. The van der Waals surface area contributed by atoms with E-state index < -0.39 is 39.2 Å². The van der Waals surface area contributed by atoms with Crippen molar-refractivity contribution in [3.8, 4) is 28.5 Å². The summed E-state index contributed by atoms with van der Waals surface area (Å²) in [6.45, 7) is 27.5. The molecule has 0 bridgehead atoms. The number of fused-ring (bicyclic) bond motifs is 4. The molecule has 18 rings (SSSR count). The van der Waals surface area contributed by atoms with Gasteiger partial charge < -0.3 is 55.7 Å². The van der Waals surface area contributed by atoms with E-state index in [-0.39, 0.29) is 106 Å². The molecule has 7 aliphatic rings. The van der Waals surface area contributed by atoms with Gasteiger partial charge in [0.2, 0.25) is 34.7 Å². The summed E-state index contributed by atoms with van der Waals surface area (Å²) in [5.74, 6) is 3.01. The predicted octanol–water partition coefficient (Wildman–Crippen LogP) is 21.5. The molecule has 5 heterocycles. The third-order valence-corrected chi connectivity index (χ3v) is 32.2. The third kappa shape index (κ3) is 32.5. The molecule has 31 heteroatoms. The lowest BCUT2D eigenvalue weighted by Crippen LogP contribution is -2.43. The van der Waals surface area contributed by atoms with Gasteiger partial charge in [-0.2, -0.15) is 5.10 Å². The molecule has 2 aromatic heterocycles. The fourth-order valence-electron chi connectivity index (χ4n) is 20.9. The van der Waals surface area contributed by atoms with Gasteiger partial charge in [-0.1, -0.05) is 218 Å². The highest BCUT2D eigenvalue weighted by Crippen LogP contribution is 2.50. The lowest BCUT2D eigenvalue weighted by molar-refractivity contribution is -0.129. The quantitative estimate of drug-likeness (QED) is 0.0119. The number of hydrogen-bond donors (Lipinski definition) is 9. The van der Waals surface area contributed by atoms with Gasteiger partial charge in [0, 0.05) is 95.4 Å². The SMILES string of the molecule is CC(C)c1ccc(NC(=O)CSC(=O)c2ccccc2)cc1.CC1CC(C)C2CC(C(=O)NCCN3CCCCC3)CC2C1.CCCOc1ccc(-c2cc(C(=O)NO)[nH]n2)cc1C.COc1cccc(CNC(=O)C2CC(C)C(C(=O)NC3CCCCC3)C2C)c1.Cc1cc(C)cc(CS(=O)(=O)c2ccc3c(c2)C(=O)C(C(=O)NCc2ccccc2)C=N3)c1.O=C(NCc1csc2ccccc12)c1cc(F)cc2c1OCOC2. The number of hydrogen-bond acceptors (Lipinski definition) is 21. The van der Waals surface area contributed by atoms with Crippen molar-refractivity contribution < 1.29 is 80.1 Å². The van der Waals surface area contributed by atoms with Crippen molar-refractivity contribution in [1.29, 1.82) is 0 Å². The van der Waals surface area contributed by atoms with Gasteiger partial charge in [0.05, 0.1) is 53.7 Å². The molecule has 5 fully saturated rings. The van der Waals surface area contributed by atoms with Gasteiger partial charge in [-0.15, -0.1) is 11.3 Å². The number of aromatic nitrogens is 2. The Morgan fingerprint density at radius 2 is 1.38 bits per heavy atom. The molecule has 9 aromatic carbocycles. The zero-order valence-electron chi connectivity index (χ0n) is 87.1. The van der Waals surface area contributed by atoms with E-state index in [0.29, 0.717) is 77.3 Å². The van der Waals surface area contributed by atoms with Crippen LogP contribution in [0.4, 0.5) is 15.8 Å². The molecule has 11 aromatic rings. The molecule has 0 radical (unpaired) electrons. The first-order valence-electron chi connectivity index (χ1n) is 52.0. The highest BCUT2D eigenvalue weighted by molar-refractivity contribution is 8.14. The van der Waals surface area contributed by atoms with Gasteiger partial charge in [0.25, 0.3) is 11.8 Å². The number of halogens is 1. The van der Waals surface area contributed by atoms with Gasteiger partial charge >= 0.3 is 0 Å². The van der Waals surface area contributed by atoms with Crippen molar-refractivity contribution in [1.82, 2.24) is 47.2 Å². The molecule has 27 nitrogen and oxygen atoms in total. The maximum absolute atomic E-state index is 13.7. The zero-order chi connectivity index (χ0) is 106. The molecule has 4 saturated carbocycles. The van der Waals surface area contributed by atoms with Crippen LogP contribution in [0.25, 0.3) is 21.3 Å². The highest BCUT2D eigenvalue weighted by atomic mass is 32.2. The number of hydroxylamine groups is 1. The largest absolute Gasteiger partial charge is 0.497 e. The molecule has 0 spiro atoms. The van der Waals surface area contributed by atoms with Crippen molar-refractivity contribution in [3.63, 3.8) is 0 Å². The van der Waals surface area contributed by atoms with E-state index in [1.807, 2.05) is 184 Å². The number of nitrogens with zero attached hydrogens (tertiary/aromatic N) is 3. The van der Waals surface area contributed by atoms with Gasteiger partial charge in [0.15, 0.2) is 22.4 Å². The number of thiophene rings is 1. The summed E-state index contributed by atoms with van der Waals surface area (Å²) < 4.78 is 62.4. The number of piperidine rings is 1. The number of thioether (sulfide) groups is 1. The number of methoxy groups -OCH3 is 1. The number of anilines is 1. The van der Waals surface area contributed by atoms with E-state index >= 15 is 0 Å². The predicted molar refractivity (Wildman–Crippen MR) is 584 cm³/mol. The fraction of sp³-hybridized carbons (Fsp3) is 0.415. The van der Waals surface area contributed by atoms with Crippen LogP contribution in [0.3, 0.4) is 0 Å². The van der Waals surface area contributed by atoms with Gasteiger partial charge in [-0.3, -0.25) is 58.4 Å². The van der Waals surface area contributed by atoms with Crippen molar-refractivity contribution in [2.24, 2.45) is 64.2 Å². The number of carbonyl (C=O) groups excluding carboxylic acids is 9. The smallest absolute Gasteiger partial charge is 0.292 e. The standard InChI is InChI=1S/C26H24N2O4S.C23H34N2O3.C19H34N2O.C18H14FNO3S.C18H19NO2S.C14H17N3O3/c1-17-10-18(2)12-20(11-17)16-33(31,32)21-8-9-24-22(13-21)25(29)23(15-27-24)26(30)28-14-19-6-4-3-5-7-19;1-15-12-20(22(26)24-14-17-8-7-11-19(13-17)28-3)16(2)21(15)23(27)25-18-9-5-4-6-10-18;1-14-10-15(2)18-13-17(12-16(18)11-14)19(22)20-6-9-21-7-4-3-5-8-21;19-13-5-11-8-22-10-23-17(11)15(6-13)18(21)20-7-12-9-24-16-4-2-1-3-14(12)16;1-13(2)14-8-10-16(11-9-14)19-17(20)12-22-18(21)15-6-4-3-5-7-15;1-3-6-20-13-5-4-10(7-9(13)2)11-8-12(16-15-11)14(18)17-19/h3-13,15,23H,14,16H2,1-2H3,(H,28,30);7-8,11,13,15-16,18,20-21H,4-6,9-10,12,14H2,1-3H3,(H,24,26)(H,25,27);14-18H,3-13H2,1-2H3,(H,20,22);1-6,9H,7-8,10H2,(H,20,21);3-11,13H,12H2,1-2H3,(H,19,20);4-5,7-8,19H,3,6H2,1-2H3,(H,15,16)(H,17,18). The van der Waals surface area contributed by atoms with Crippen molar-refractivity contribution in [2.45, 2.75) is 208 Å². The van der Waals surface area contributed by atoms with Crippen LogP contribution < -0.4 is 51.6 Å². The average molecular weight is 2090 g/mol. The second-order valence-corrected chi connectivity index (χ2v) is 44.3. The van der Waals surface area contributed by atoms with Crippen LogP contribution in [0.1, 0.15) is 236 Å². The summed E-state index contributed by atoms with van der Waals surface area (Å²) in [6, 6.07) is 62.0. The van der Waals surface area contributed by atoms with E-state index in [0.717, 1.165) is 149 Å². The summed E-state index contributed by atoms with van der Waals surface area (Å²) in [6.07, 6.45) is 18.0. The number of H-pyrrole nitrogens is 1. The number of carbonyl (C=O) groups is 9. The van der Waals surface area contributed by atoms with Crippen LogP contribution in [0.15, 0.2) is 222 Å². The Balaban J connectivity index is 0.000000150. The van der Waals surface area contributed by atoms with E-state index in [2.05, 4.69) is 100 Å². The summed E-state index contributed by atoms with van der Waals surface area (Å²) in [5, 5.41) is 36.2. The van der Waals surface area contributed by atoms with Crippen LogP contribution in [0.2, 0.25) is 0 Å². The van der Waals surface area contributed by atoms with Crippen molar-refractivity contribution in [2.75, 3.05) is 57.8 Å². The number of nitrogens with one attached hydrogen (secondary N) is 8. The molecule has 149 heavy (non-hydrogen) atoms. The second-order valence-electron chi connectivity index (χ2n) is 40.4. The molecular formula is C118H142FN11O16S3. The number of aliphatic imine (C=N–C) groups is 1. The number of benzene rings is 9. The molecule has 10 unspecified atom stereocenters. The van der Waals surface area contributed by atoms with E-state index in [1.165, 1.54) is 111 Å². The average Bonchev–Trinajstić information content (AvgIpc) is 1.60. The van der Waals surface area contributed by atoms with Crippen molar-refractivity contribution in [3.05, 3.63) is 290 Å². The van der Waals surface area contributed by atoms with Crippen LogP contribution in [-0.4, -0.2) is 146 Å². The minimum Gasteiger partial charge on any atom is -0.497 e. The maximum atomic E-state index is 13.7. The van der Waals surface area contributed by atoms with E-state index in [1.54, 1.807) is 42.1 Å². The van der Waals surface area contributed by atoms with Crippen molar-refractivity contribution >= 4 is 113 Å². The Kier molecular flexibility index (Phi) is 42.1. The van der Waals surface area contributed by atoms with Crippen LogP contribution in [0.5, 0.6) is 17.2 Å². The number of Topliss-reactive ketones (excluding diaryl/α,β-unsaturated/α-hetero) is 1. The lowest BCUT2D eigenvalue weighted by atomic mass is 9.70. The molecular weight excluding hydrogens is 1940 g/mol. The Morgan fingerprint density at radius 1 is 0.671 bits per heavy atom. The lowest BCUT2D eigenvalue weighted by Gasteiger charge is -2.35. The Bertz CT molecular complexity index is 6530. The first-order valence-corrected chi connectivity index (χ1v) is 55.5. The third-order valence-electron chi connectivity index (χ3n) is 28.6. The van der Waals surface area contributed by atoms with E-state index in [4.69, 9.17) is 24.2 Å². The number of aryl methyl sites for hydroxylation is 3. The first-order chi connectivity index (χ1) is 71.8. The number of sulfone groups is 1. The summed E-state index contributed by atoms with van der Waals surface area (Å²) in [5.41, 5.74) is 13.7. The zero-order valence-corrected chi connectivity index (χ0v) is 89.6. The number of ketones is 1. The molecule has 7 amide bonds. The Labute approximate surface area is 882 Å². The topological polar surface area (TPSA) is 373 Å². The molecule has 4 aliphatic carbocycles. The highest BCUT2D eigenvalue weighted by Gasteiger charge is 2.47. The molecule has 3 aliphatic heterocycles. The minimum atomic E-state index is -3.69. The molecule has 1 saturated heterocycles. The monoisotopic (exact) mass is 2080 g/mol. The molecule has 10 atom stereocenters. The van der Waals surface area contributed by atoms with Crippen LogP contribution >= 0.6 is 23.1 Å². The minimum absolute atomic E-state index is 0.0364. The maximum Gasteiger partial charge on any atom is 0.292 e. The number of aromatic amines is 1. The fourth-order valence-corrected chi connectivity index (χ4v) is 23.9. The van der Waals surface area contributed by atoms with Gasteiger partial charge in [-0.05, 0) is 269 Å². The Morgan fingerprint density at radius 3 is 2.09 bits per heavy atom. The van der Waals surface area contributed by atoms with Crippen LogP contribution in [0, 0.1) is 85.8 Å². The summed E-state index contributed by atoms with van der Waals surface area (Å²) >= 11 is 2.65. The summed E-state index contributed by atoms with van der Waals surface area (Å²) in [7, 11) is -2.06. The first kappa shape index (κ1) is 113. The molecule has 9 N–H and O–H groups in total. The second kappa shape index (κ2) is 55.5. The summed E-state index contributed by atoms with van der Waals surface area (Å²) in [4.78, 5) is 118. The number of likely N-dealkylation sites (tertiary alicyclic amines) is 1. The van der Waals surface area contributed by atoms with Gasteiger partial charge in [0.1, 0.15) is 34.7 Å². The van der Waals surface area contributed by atoms with Gasteiger partial charge in [-0.25, -0.2) is 18.3 Å². The van der Waals surface area contributed by atoms with E-state index in [9.17, 15) is 56.0 Å². The number of rotatable bonds is 29.